The molecule has 1 heterocycles. The van der Waals surface area contributed by atoms with E-state index in [1.54, 1.807) is 24.3 Å². The van der Waals surface area contributed by atoms with Gasteiger partial charge < -0.3 is 14.8 Å². The Kier molecular flexibility index (Phi) is 6.36. The van der Waals surface area contributed by atoms with Crippen LogP contribution in [0.5, 0.6) is 5.75 Å². The van der Waals surface area contributed by atoms with E-state index in [1.165, 1.54) is 17.8 Å². The number of rotatable bonds is 7. The van der Waals surface area contributed by atoms with Crippen molar-refractivity contribution in [3.8, 4) is 5.75 Å². The second-order valence-electron chi connectivity index (χ2n) is 5.75. The molecule has 2 aromatic carbocycles. The highest BCUT2D eigenvalue weighted by Crippen LogP contribution is 2.28. The third kappa shape index (κ3) is 5.48. The van der Waals surface area contributed by atoms with E-state index in [9.17, 15) is 14.4 Å². The number of carbonyl (C=O) groups is 3. The summed E-state index contributed by atoms with van der Waals surface area (Å²) >= 11 is 7.22. The van der Waals surface area contributed by atoms with Crippen LogP contribution in [0.1, 0.15) is 15.9 Å². The minimum atomic E-state index is -0.461. The number of hydrogen-bond acceptors (Lipinski definition) is 6. The van der Waals surface area contributed by atoms with Crippen LogP contribution in [0.3, 0.4) is 0 Å². The number of thioether (sulfide) groups is 1. The Labute approximate surface area is 165 Å². The largest absolute Gasteiger partial charge is 0.482 e. The normalized spacial score (nSPS) is 12.6. The van der Waals surface area contributed by atoms with Gasteiger partial charge in [0.15, 0.2) is 19.0 Å². The lowest BCUT2D eigenvalue weighted by atomic mass is 10.1. The number of halogens is 1. The maximum Gasteiger partial charge on any atom is 0.316 e. The van der Waals surface area contributed by atoms with Crippen molar-refractivity contribution in [1.82, 2.24) is 0 Å². The summed E-state index contributed by atoms with van der Waals surface area (Å²) in [6.07, 6.45) is 0. The van der Waals surface area contributed by atoms with Gasteiger partial charge in [0, 0.05) is 16.3 Å². The summed E-state index contributed by atoms with van der Waals surface area (Å²) in [6, 6.07) is 12.1. The van der Waals surface area contributed by atoms with Gasteiger partial charge >= 0.3 is 5.97 Å². The number of nitrogens with one attached hydrogen (secondary N) is 1. The Balaban J connectivity index is 1.44. The van der Waals surface area contributed by atoms with Gasteiger partial charge in [-0.2, -0.15) is 0 Å². The second kappa shape index (κ2) is 8.92. The predicted molar refractivity (Wildman–Crippen MR) is 103 cm³/mol. The molecule has 27 heavy (non-hydrogen) atoms. The van der Waals surface area contributed by atoms with Gasteiger partial charge in [0.05, 0.1) is 11.4 Å². The van der Waals surface area contributed by atoms with Crippen molar-refractivity contribution in [2.24, 2.45) is 0 Å². The van der Waals surface area contributed by atoms with Gasteiger partial charge in [-0.3, -0.25) is 14.4 Å². The zero-order valence-corrected chi connectivity index (χ0v) is 15.8. The van der Waals surface area contributed by atoms with Crippen molar-refractivity contribution in [2.75, 3.05) is 24.3 Å². The van der Waals surface area contributed by atoms with E-state index in [4.69, 9.17) is 21.1 Å². The molecular formula is C19H16ClNO5S. The number of esters is 1. The molecule has 6 nitrogen and oxygen atoms in total. The number of ketones is 1. The molecule has 1 aliphatic rings. The molecule has 1 amide bonds. The monoisotopic (exact) mass is 405 g/mol. The fourth-order valence-corrected chi connectivity index (χ4v) is 3.27. The SMILES string of the molecule is O=C1COc2ccc(C(=O)COC(=O)CSCc3ccc(Cl)cc3)cc2N1. The van der Waals surface area contributed by atoms with Crippen LogP contribution in [0.2, 0.25) is 5.02 Å². The van der Waals surface area contributed by atoms with Crippen molar-refractivity contribution < 1.29 is 23.9 Å². The Morgan fingerprint density at radius 3 is 2.74 bits per heavy atom. The van der Waals surface area contributed by atoms with Gasteiger partial charge in [0.2, 0.25) is 0 Å². The summed E-state index contributed by atoms with van der Waals surface area (Å²) in [7, 11) is 0. The Morgan fingerprint density at radius 1 is 1.19 bits per heavy atom. The number of Topliss-reactive ketones (excluding diaryl/α,β-unsaturated/α-hetero) is 1. The number of benzene rings is 2. The fraction of sp³-hybridized carbons (Fsp3) is 0.211. The van der Waals surface area contributed by atoms with Gasteiger partial charge in [-0.05, 0) is 35.9 Å². The molecule has 0 aliphatic carbocycles. The molecule has 140 valence electrons. The van der Waals surface area contributed by atoms with Crippen LogP contribution in [0.4, 0.5) is 5.69 Å². The fourth-order valence-electron chi connectivity index (χ4n) is 2.36. The lowest BCUT2D eigenvalue weighted by molar-refractivity contribution is -0.139. The van der Waals surface area contributed by atoms with Gasteiger partial charge in [0.25, 0.3) is 5.91 Å². The van der Waals surface area contributed by atoms with Crippen LogP contribution in [0.15, 0.2) is 42.5 Å². The van der Waals surface area contributed by atoms with Crippen molar-refractivity contribution in [2.45, 2.75) is 5.75 Å². The van der Waals surface area contributed by atoms with Gasteiger partial charge in [-0.25, -0.2) is 0 Å². The molecule has 0 spiro atoms. The van der Waals surface area contributed by atoms with E-state index in [2.05, 4.69) is 5.32 Å². The van der Waals surface area contributed by atoms with Crippen molar-refractivity contribution in [1.29, 1.82) is 0 Å². The molecule has 0 unspecified atom stereocenters. The Bertz CT molecular complexity index is 869. The number of hydrogen-bond donors (Lipinski definition) is 1. The average molecular weight is 406 g/mol. The van der Waals surface area contributed by atoms with E-state index in [0.717, 1.165) is 5.56 Å². The number of carbonyl (C=O) groups excluding carboxylic acids is 3. The molecule has 3 rings (SSSR count). The van der Waals surface area contributed by atoms with Gasteiger partial charge in [-0.1, -0.05) is 23.7 Å². The average Bonchev–Trinajstić information content (AvgIpc) is 2.67. The van der Waals surface area contributed by atoms with E-state index in [0.29, 0.717) is 27.8 Å². The number of amides is 1. The highest BCUT2D eigenvalue weighted by molar-refractivity contribution is 7.99. The van der Waals surface area contributed by atoms with Crippen LogP contribution in [0, 0.1) is 0 Å². The first-order valence-electron chi connectivity index (χ1n) is 8.09. The summed E-state index contributed by atoms with van der Waals surface area (Å²) < 4.78 is 10.3. The maximum atomic E-state index is 12.2. The molecule has 0 bridgehead atoms. The summed E-state index contributed by atoms with van der Waals surface area (Å²) in [6.45, 7) is -0.403. The predicted octanol–water partition coefficient (Wildman–Crippen LogP) is 3.33. The smallest absolute Gasteiger partial charge is 0.316 e. The standard InChI is InChI=1S/C19H16ClNO5S/c20-14-4-1-12(2-5-14)10-27-11-19(24)26-8-16(22)13-3-6-17-15(7-13)21-18(23)9-25-17/h1-7H,8-11H2,(H,21,23). The third-order valence-corrected chi connectivity index (χ3v) is 4.93. The third-order valence-electron chi connectivity index (χ3n) is 3.70. The van der Waals surface area contributed by atoms with Gasteiger partial charge in [-0.15, -0.1) is 11.8 Å². The molecule has 0 atom stereocenters. The molecule has 0 aromatic heterocycles. The maximum absolute atomic E-state index is 12.2. The molecule has 1 aliphatic heterocycles. The van der Waals surface area contributed by atoms with E-state index < -0.39 is 5.97 Å². The topological polar surface area (TPSA) is 81.7 Å². The quantitative estimate of drug-likeness (QED) is 0.562. The Hall–Kier alpha value is -2.51. The number of ether oxygens (including phenoxy) is 2. The minimum Gasteiger partial charge on any atom is -0.482 e. The molecule has 2 aromatic rings. The molecule has 0 saturated heterocycles. The van der Waals surface area contributed by atoms with Crippen molar-refractivity contribution in [3.63, 3.8) is 0 Å². The highest BCUT2D eigenvalue weighted by atomic mass is 35.5. The number of fused-ring (bicyclic) bond motifs is 1. The summed E-state index contributed by atoms with van der Waals surface area (Å²) in [5.41, 5.74) is 1.81. The van der Waals surface area contributed by atoms with Crippen LogP contribution in [-0.2, 0) is 20.1 Å². The minimum absolute atomic E-state index is 0.0500. The molecule has 1 N–H and O–H groups in total. The zero-order chi connectivity index (χ0) is 19.2. The summed E-state index contributed by atoms with van der Waals surface area (Å²) in [5.74, 6) is 0.193. The van der Waals surface area contributed by atoms with E-state index >= 15 is 0 Å². The number of anilines is 1. The lowest BCUT2D eigenvalue weighted by Gasteiger charge is -2.18. The first kappa shape index (κ1) is 19.3. The van der Waals surface area contributed by atoms with Crippen molar-refractivity contribution >= 4 is 46.7 Å². The first-order valence-corrected chi connectivity index (χ1v) is 9.62. The van der Waals surface area contributed by atoms with E-state index in [1.807, 2.05) is 12.1 Å². The van der Waals surface area contributed by atoms with Crippen LogP contribution in [-0.4, -0.2) is 36.6 Å². The van der Waals surface area contributed by atoms with Crippen LogP contribution < -0.4 is 10.1 Å². The molecule has 0 radical (unpaired) electrons. The van der Waals surface area contributed by atoms with Gasteiger partial charge in [0.1, 0.15) is 5.75 Å². The lowest BCUT2D eigenvalue weighted by Crippen LogP contribution is -2.25. The highest BCUT2D eigenvalue weighted by Gasteiger charge is 2.18. The second-order valence-corrected chi connectivity index (χ2v) is 7.17. The van der Waals surface area contributed by atoms with Crippen LogP contribution >= 0.6 is 23.4 Å². The molecule has 8 heteroatoms. The zero-order valence-electron chi connectivity index (χ0n) is 14.2. The first-order chi connectivity index (χ1) is 13.0. The molecule has 0 fully saturated rings. The van der Waals surface area contributed by atoms with Crippen molar-refractivity contribution in [3.05, 3.63) is 58.6 Å². The van der Waals surface area contributed by atoms with E-state index in [-0.39, 0.29) is 30.7 Å². The molecule has 0 saturated carbocycles. The Morgan fingerprint density at radius 2 is 1.96 bits per heavy atom. The summed E-state index contributed by atoms with van der Waals surface area (Å²) in [4.78, 5) is 35.3. The molecular weight excluding hydrogens is 390 g/mol. The van der Waals surface area contributed by atoms with Crippen LogP contribution in [0.25, 0.3) is 0 Å². The summed E-state index contributed by atoms with van der Waals surface area (Å²) in [5, 5.41) is 3.29.